The fraction of sp³-hybridized carbons (Fsp3) is 0.429. The molecule has 0 radical (unpaired) electrons. The van der Waals surface area contributed by atoms with E-state index < -0.39 is 5.97 Å². The number of hydrogen-bond acceptors (Lipinski definition) is 3. The summed E-state index contributed by atoms with van der Waals surface area (Å²) in [6.45, 7) is 0.325. The molecule has 0 heterocycles. The Kier molecular flexibility index (Phi) is 4.47. The van der Waals surface area contributed by atoms with Gasteiger partial charge in [-0.05, 0) is 37.1 Å². The number of aliphatic carboxylic acids is 1. The Morgan fingerprint density at radius 2 is 2.05 bits per heavy atom. The van der Waals surface area contributed by atoms with Crippen molar-refractivity contribution in [3.05, 3.63) is 29.8 Å². The molecule has 0 aliphatic heterocycles. The first-order valence-electron chi connectivity index (χ1n) is 6.26. The van der Waals surface area contributed by atoms with Gasteiger partial charge < -0.3 is 10.0 Å². The van der Waals surface area contributed by atoms with Gasteiger partial charge >= 0.3 is 5.97 Å². The van der Waals surface area contributed by atoms with E-state index in [1.807, 2.05) is 24.5 Å². The Balaban J connectivity index is 2.19. The summed E-state index contributed by atoms with van der Waals surface area (Å²) in [6, 6.07) is 7.33. The van der Waals surface area contributed by atoms with E-state index in [1.165, 1.54) is 16.7 Å². The van der Waals surface area contributed by atoms with Crippen molar-refractivity contribution in [2.24, 2.45) is 5.92 Å². The highest BCUT2D eigenvalue weighted by Crippen LogP contribution is 2.30. The van der Waals surface area contributed by atoms with Gasteiger partial charge in [0.1, 0.15) is 6.54 Å². The number of hydrogen-bond donors (Lipinski definition) is 1. The second kappa shape index (κ2) is 6.10. The van der Waals surface area contributed by atoms with Crippen LogP contribution in [0.1, 0.15) is 23.2 Å². The number of carbonyl (C=O) groups excluding carboxylic acids is 1. The highest BCUT2D eigenvalue weighted by Gasteiger charge is 2.29. The maximum absolute atomic E-state index is 12.5. The van der Waals surface area contributed by atoms with E-state index >= 15 is 0 Å². The van der Waals surface area contributed by atoms with Crippen LogP contribution in [0, 0.1) is 5.92 Å². The molecule has 1 amide bonds. The van der Waals surface area contributed by atoms with Gasteiger partial charge in [0.25, 0.3) is 5.91 Å². The number of nitrogens with zero attached hydrogens (tertiary/aromatic N) is 1. The SMILES string of the molecule is CSc1ccccc1C(=O)N(CC(=O)O)CC1CC1. The van der Waals surface area contributed by atoms with E-state index in [0.717, 1.165) is 17.7 Å². The van der Waals surface area contributed by atoms with E-state index in [4.69, 9.17) is 5.11 Å². The van der Waals surface area contributed by atoms with E-state index in [1.54, 1.807) is 6.07 Å². The first kappa shape index (κ1) is 13.9. The molecule has 1 aliphatic carbocycles. The highest BCUT2D eigenvalue weighted by atomic mass is 32.2. The van der Waals surface area contributed by atoms with Gasteiger partial charge in [-0.2, -0.15) is 0 Å². The largest absolute Gasteiger partial charge is 0.480 e. The van der Waals surface area contributed by atoms with Gasteiger partial charge in [-0.1, -0.05) is 12.1 Å². The minimum Gasteiger partial charge on any atom is -0.480 e. The van der Waals surface area contributed by atoms with Crippen molar-refractivity contribution in [2.75, 3.05) is 19.3 Å². The third-order valence-electron chi connectivity index (χ3n) is 3.13. The summed E-state index contributed by atoms with van der Waals surface area (Å²) < 4.78 is 0. The van der Waals surface area contributed by atoms with Crippen LogP contribution in [0.2, 0.25) is 0 Å². The van der Waals surface area contributed by atoms with Gasteiger partial charge in [-0.25, -0.2) is 0 Å². The molecular weight excluding hydrogens is 262 g/mol. The number of carboxylic acids is 1. The van der Waals surface area contributed by atoms with Crippen molar-refractivity contribution >= 4 is 23.6 Å². The lowest BCUT2D eigenvalue weighted by Crippen LogP contribution is -2.37. The molecule has 4 nitrogen and oxygen atoms in total. The van der Waals surface area contributed by atoms with Crippen molar-refractivity contribution in [1.29, 1.82) is 0 Å². The lowest BCUT2D eigenvalue weighted by molar-refractivity contribution is -0.137. The predicted molar refractivity (Wildman–Crippen MR) is 74.5 cm³/mol. The number of rotatable bonds is 6. The van der Waals surface area contributed by atoms with Crippen LogP contribution < -0.4 is 0 Å². The van der Waals surface area contributed by atoms with Crippen molar-refractivity contribution in [2.45, 2.75) is 17.7 Å². The third-order valence-corrected chi connectivity index (χ3v) is 3.92. The maximum atomic E-state index is 12.5. The number of carboxylic acid groups (broad SMARTS) is 1. The Morgan fingerprint density at radius 1 is 1.37 bits per heavy atom. The molecule has 1 aliphatic rings. The van der Waals surface area contributed by atoms with Gasteiger partial charge in [0.05, 0.1) is 5.56 Å². The standard InChI is InChI=1S/C14H17NO3S/c1-19-12-5-3-2-4-11(12)14(18)15(9-13(16)17)8-10-6-7-10/h2-5,10H,6-9H2,1H3,(H,16,17). The van der Waals surface area contributed by atoms with Crippen LogP contribution >= 0.6 is 11.8 Å². The smallest absolute Gasteiger partial charge is 0.323 e. The summed E-state index contributed by atoms with van der Waals surface area (Å²) in [4.78, 5) is 25.7. The first-order chi connectivity index (χ1) is 9.11. The van der Waals surface area contributed by atoms with Crippen LogP contribution in [0.25, 0.3) is 0 Å². The lowest BCUT2D eigenvalue weighted by atomic mass is 10.2. The van der Waals surface area contributed by atoms with E-state index in [2.05, 4.69) is 0 Å². The molecule has 2 rings (SSSR count). The zero-order valence-corrected chi connectivity index (χ0v) is 11.7. The Labute approximate surface area is 116 Å². The summed E-state index contributed by atoms with van der Waals surface area (Å²) in [7, 11) is 0. The van der Waals surface area contributed by atoms with Crippen molar-refractivity contribution in [1.82, 2.24) is 4.90 Å². The minimum atomic E-state index is -0.962. The molecule has 0 atom stereocenters. The van der Waals surface area contributed by atoms with Gasteiger partial charge in [0, 0.05) is 11.4 Å². The molecule has 0 spiro atoms. The molecule has 5 heteroatoms. The Bertz CT molecular complexity index is 485. The summed E-state index contributed by atoms with van der Waals surface area (Å²) in [5, 5.41) is 8.94. The molecule has 0 aromatic heterocycles. The number of carbonyl (C=O) groups is 2. The number of thioether (sulfide) groups is 1. The maximum Gasteiger partial charge on any atom is 0.323 e. The van der Waals surface area contributed by atoms with Crippen LogP contribution in [0.5, 0.6) is 0 Å². The summed E-state index contributed by atoms with van der Waals surface area (Å²) in [6.07, 6.45) is 4.09. The molecule has 1 fully saturated rings. The van der Waals surface area contributed by atoms with Crippen LogP contribution in [0.4, 0.5) is 0 Å². The predicted octanol–water partition coefficient (Wildman–Crippen LogP) is 2.35. The molecule has 1 saturated carbocycles. The topological polar surface area (TPSA) is 57.6 Å². The van der Waals surface area contributed by atoms with Crippen molar-refractivity contribution in [3.8, 4) is 0 Å². The molecule has 0 bridgehead atoms. The minimum absolute atomic E-state index is 0.181. The fourth-order valence-electron chi connectivity index (χ4n) is 1.99. The van der Waals surface area contributed by atoms with Gasteiger partial charge in [-0.15, -0.1) is 11.8 Å². The molecule has 1 N–H and O–H groups in total. The second-order valence-corrected chi connectivity index (χ2v) is 5.57. The van der Waals surface area contributed by atoms with Gasteiger partial charge in [0.15, 0.2) is 0 Å². The van der Waals surface area contributed by atoms with Crippen molar-refractivity contribution in [3.63, 3.8) is 0 Å². The molecule has 19 heavy (non-hydrogen) atoms. The van der Waals surface area contributed by atoms with Crippen molar-refractivity contribution < 1.29 is 14.7 Å². The molecule has 0 unspecified atom stereocenters. The average Bonchev–Trinajstić information content (AvgIpc) is 3.20. The lowest BCUT2D eigenvalue weighted by Gasteiger charge is -2.21. The van der Waals surface area contributed by atoms with E-state index in [0.29, 0.717) is 18.0 Å². The molecule has 102 valence electrons. The summed E-state index contributed by atoms with van der Waals surface area (Å²) in [5.41, 5.74) is 0.594. The van der Waals surface area contributed by atoms with Gasteiger partial charge in [0.2, 0.25) is 0 Å². The van der Waals surface area contributed by atoms with Gasteiger partial charge in [-0.3, -0.25) is 9.59 Å². The second-order valence-electron chi connectivity index (χ2n) is 4.72. The van der Waals surface area contributed by atoms with Crippen LogP contribution in [-0.2, 0) is 4.79 Å². The van der Waals surface area contributed by atoms with E-state index in [9.17, 15) is 9.59 Å². The monoisotopic (exact) mass is 279 g/mol. The highest BCUT2D eigenvalue weighted by molar-refractivity contribution is 7.98. The van der Waals surface area contributed by atoms with Crippen LogP contribution in [-0.4, -0.2) is 41.2 Å². The quantitative estimate of drug-likeness (QED) is 0.812. The first-order valence-corrected chi connectivity index (χ1v) is 7.48. The Hall–Kier alpha value is -1.49. The van der Waals surface area contributed by atoms with Crippen LogP contribution in [0.15, 0.2) is 29.2 Å². The molecule has 1 aromatic rings. The Morgan fingerprint density at radius 3 is 2.63 bits per heavy atom. The fourth-order valence-corrected chi connectivity index (χ4v) is 2.58. The molecule has 0 saturated heterocycles. The summed E-state index contributed by atoms with van der Waals surface area (Å²) in [5.74, 6) is -0.667. The van der Waals surface area contributed by atoms with Crippen LogP contribution in [0.3, 0.4) is 0 Å². The third kappa shape index (κ3) is 3.73. The number of amides is 1. The number of benzene rings is 1. The average molecular weight is 279 g/mol. The molecule has 1 aromatic carbocycles. The zero-order chi connectivity index (χ0) is 13.8. The molecular formula is C14H17NO3S. The normalized spacial score (nSPS) is 14.2. The van der Waals surface area contributed by atoms with E-state index in [-0.39, 0.29) is 12.5 Å². The summed E-state index contributed by atoms with van der Waals surface area (Å²) >= 11 is 1.50. The zero-order valence-electron chi connectivity index (χ0n) is 10.8.